The van der Waals surface area contributed by atoms with Gasteiger partial charge in [-0.3, -0.25) is 4.79 Å². The maximum absolute atomic E-state index is 11.7. The van der Waals surface area contributed by atoms with Crippen molar-refractivity contribution in [2.75, 3.05) is 0 Å². The molecule has 1 amide bonds. The highest BCUT2D eigenvalue weighted by molar-refractivity contribution is 6.21. The van der Waals surface area contributed by atoms with Crippen molar-refractivity contribution >= 4 is 11.5 Å². The molecule has 0 bridgehead atoms. The molecule has 96 valence electrons. The monoisotopic (exact) mass is 251 g/mol. The molecular formula is C17H17NO. The van der Waals surface area contributed by atoms with Crippen LogP contribution in [0.15, 0.2) is 60.2 Å². The zero-order valence-corrected chi connectivity index (χ0v) is 11.2. The van der Waals surface area contributed by atoms with Crippen molar-refractivity contribution in [3.63, 3.8) is 0 Å². The summed E-state index contributed by atoms with van der Waals surface area (Å²) in [6.45, 7) is 3.81. The first-order valence-corrected chi connectivity index (χ1v) is 6.23. The zero-order valence-electron chi connectivity index (χ0n) is 11.2. The summed E-state index contributed by atoms with van der Waals surface area (Å²) in [6.07, 6.45) is 0. The van der Waals surface area contributed by atoms with Gasteiger partial charge in [-0.2, -0.15) is 0 Å². The minimum Gasteiger partial charge on any atom is -0.366 e. The zero-order chi connectivity index (χ0) is 13.8. The van der Waals surface area contributed by atoms with Crippen molar-refractivity contribution < 1.29 is 4.79 Å². The molecule has 0 saturated carbocycles. The molecule has 0 spiro atoms. The summed E-state index contributed by atoms with van der Waals surface area (Å²) in [6, 6.07) is 17.8. The fraction of sp³-hybridized carbons (Fsp3) is 0.118. The molecule has 0 aliphatic rings. The highest BCUT2D eigenvalue weighted by Gasteiger charge is 2.14. The van der Waals surface area contributed by atoms with Crippen LogP contribution >= 0.6 is 0 Å². The van der Waals surface area contributed by atoms with Crippen LogP contribution in [0, 0.1) is 0 Å². The SMILES string of the molecule is CC(C)=C(C(N)=O)c1ccccc1-c1ccccc1. The molecule has 0 aliphatic heterocycles. The van der Waals surface area contributed by atoms with Crippen molar-refractivity contribution in [3.05, 3.63) is 65.7 Å². The van der Waals surface area contributed by atoms with E-state index < -0.39 is 0 Å². The Morgan fingerprint density at radius 1 is 0.895 bits per heavy atom. The van der Waals surface area contributed by atoms with E-state index in [9.17, 15) is 4.79 Å². The minimum absolute atomic E-state index is 0.386. The Bertz CT molecular complexity index is 623. The molecule has 2 aromatic carbocycles. The van der Waals surface area contributed by atoms with Crippen molar-refractivity contribution in [2.45, 2.75) is 13.8 Å². The van der Waals surface area contributed by atoms with Crippen LogP contribution in [-0.4, -0.2) is 5.91 Å². The number of rotatable bonds is 3. The van der Waals surface area contributed by atoms with Crippen molar-refractivity contribution in [1.82, 2.24) is 0 Å². The molecule has 0 aromatic heterocycles. The molecule has 2 rings (SSSR count). The second-order valence-electron chi connectivity index (χ2n) is 4.65. The first-order chi connectivity index (χ1) is 9.11. The number of amides is 1. The van der Waals surface area contributed by atoms with E-state index in [1.165, 1.54) is 0 Å². The second kappa shape index (κ2) is 5.53. The topological polar surface area (TPSA) is 43.1 Å². The fourth-order valence-corrected chi connectivity index (χ4v) is 2.22. The Kier molecular flexibility index (Phi) is 3.81. The average molecular weight is 251 g/mol. The number of benzene rings is 2. The minimum atomic E-state index is -0.386. The van der Waals surface area contributed by atoms with Gasteiger partial charge in [-0.25, -0.2) is 0 Å². The first-order valence-electron chi connectivity index (χ1n) is 6.23. The number of carbonyl (C=O) groups excluding carboxylic acids is 1. The Morgan fingerprint density at radius 3 is 2.05 bits per heavy atom. The number of allylic oxidation sites excluding steroid dienone is 1. The molecule has 2 N–H and O–H groups in total. The lowest BCUT2D eigenvalue weighted by atomic mass is 9.92. The van der Waals surface area contributed by atoms with Crippen LogP contribution in [0.5, 0.6) is 0 Å². The van der Waals surface area contributed by atoms with Crippen LogP contribution in [0.1, 0.15) is 19.4 Å². The van der Waals surface area contributed by atoms with Gasteiger partial charge in [0.2, 0.25) is 5.91 Å². The van der Waals surface area contributed by atoms with E-state index in [2.05, 4.69) is 0 Å². The van der Waals surface area contributed by atoms with Crippen LogP contribution in [0.4, 0.5) is 0 Å². The molecule has 2 nitrogen and oxygen atoms in total. The molecule has 2 aromatic rings. The van der Waals surface area contributed by atoms with E-state index in [0.29, 0.717) is 5.57 Å². The lowest BCUT2D eigenvalue weighted by Crippen LogP contribution is -2.14. The van der Waals surface area contributed by atoms with Gasteiger partial charge in [0, 0.05) is 5.57 Å². The first kappa shape index (κ1) is 13.1. The molecule has 0 atom stereocenters. The maximum atomic E-state index is 11.7. The highest BCUT2D eigenvalue weighted by atomic mass is 16.1. The molecule has 2 heteroatoms. The summed E-state index contributed by atoms with van der Waals surface area (Å²) >= 11 is 0. The third-order valence-electron chi connectivity index (χ3n) is 3.03. The molecule has 0 fully saturated rings. The predicted octanol–water partition coefficient (Wildman–Crippen LogP) is 3.63. The lowest BCUT2D eigenvalue weighted by Gasteiger charge is -2.12. The third kappa shape index (κ3) is 2.74. The smallest absolute Gasteiger partial charge is 0.249 e. The van der Waals surface area contributed by atoms with Gasteiger partial charge in [0.25, 0.3) is 0 Å². The summed E-state index contributed by atoms with van der Waals surface area (Å²) in [5.41, 5.74) is 10.0. The second-order valence-corrected chi connectivity index (χ2v) is 4.65. The van der Waals surface area contributed by atoms with Gasteiger partial charge >= 0.3 is 0 Å². The maximum Gasteiger partial charge on any atom is 0.249 e. The third-order valence-corrected chi connectivity index (χ3v) is 3.03. The Labute approximate surface area is 113 Å². The lowest BCUT2D eigenvalue weighted by molar-refractivity contribution is -0.112. The summed E-state index contributed by atoms with van der Waals surface area (Å²) in [5.74, 6) is -0.386. The van der Waals surface area contributed by atoms with Gasteiger partial charge < -0.3 is 5.73 Å². The summed E-state index contributed by atoms with van der Waals surface area (Å²) < 4.78 is 0. The fourth-order valence-electron chi connectivity index (χ4n) is 2.22. The van der Waals surface area contributed by atoms with Gasteiger partial charge in [0.1, 0.15) is 0 Å². The van der Waals surface area contributed by atoms with Gasteiger partial charge in [-0.15, -0.1) is 0 Å². The Morgan fingerprint density at radius 2 is 1.47 bits per heavy atom. The van der Waals surface area contributed by atoms with Crippen LogP contribution in [0.3, 0.4) is 0 Å². The molecule has 0 unspecified atom stereocenters. The van der Waals surface area contributed by atoms with E-state index in [1.807, 2.05) is 68.4 Å². The van der Waals surface area contributed by atoms with Crippen LogP contribution in [0.25, 0.3) is 16.7 Å². The number of hydrogen-bond donors (Lipinski definition) is 1. The summed E-state index contributed by atoms with van der Waals surface area (Å²) in [7, 11) is 0. The van der Waals surface area contributed by atoms with Crippen molar-refractivity contribution in [3.8, 4) is 11.1 Å². The molecule has 0 aliphatic carbocycles. The van der Waals surface area contributed by atoms with Gasteiger partial charge in [0.15, 0.2) is 0 Å². The molecule has 0 heterocycles. The largest absolute Gasteiger partial charge is 0.366 e. The highest BCUT2D eigenvalue weighted by Crippen LogP contribution is 2.30. The van der Waals surface area contributed by atoms with Crippen LogP contribution in [0.2, 0.25) is 0 Å². The Balaban J connectivity index is 2.67. The van der Waals surface area contributed by atoms with Crippen LogP contribution < -0.4 is 5.73 Å². The normalized spacial score (nSPS) is 10.0. The van der Waals surface area contributed by atoms with E-state index in [-0.39, 0.29) is 5.91 Å². The predicted molar refractivity (Wildman–Crippen MR) is 79.3 cm³/mol. The van der Waals surface area contributed by atoms with Gasteiger partial charge in [0.05, 0.1) is 0 Å². The van der Waals surface area contributed by atoms with E-state index in [4.69, 9.17) is 5.73 Å². The quantitative estimate of drug-likeness (QED) is 0.832. The molecule has 0 radical (unpaired) electrons. The van der Waals surface area contributed by atoms with Crippen LogP contribution in [-0.2, 0) is 4.79 Å². The number of primary amides is 1. The standard InChI is InChI=1S/C17H17NO/c1-12(2)16(17(18)19)15-11-7-6-10-14(15)13-8-4-3-5-9-13/h3-11H,1-2H3,(H2,18,19). The molecular weight excluding hydrogens is 234 g/mol. The average Bonchev–Trinajstić information content (AvgIpc) is 2.39. The van der Waals surface area contributed by atoms with Gasteiger partial charge in [-0.1, -0.05) is 60.2 Å². The Hall–Kier alpha value is -2.35. The number of hydrogen-bond acceptors (Lipinski definition) is 1. The van der Waals surface area contributed by atoms with E-state index in [0.717, 1.165) is 22.3 Å². The number of nitrogens with two attached hydrogens (primary N) is 1. The van der Waals surface area contributed by atoms with Crippen molar-refractivity contribution in [2.24, 2.45) is 5.73 Å². The molecule has 19 heavy (non-hydrogen) atoms. The number of carbonyl (C=O) groups is 1. The summed E-state index contributed by atoms with van der Waals surface area (Å²) in [5, 5.41) is 0. The molecule has 0 saturated heterocycles. The van der Waals surface area contributed by atoms with E-state index in [1.54, 1.807) is 0 Å². The van der Waals surface area contributed by atoms with Gasteiger partial charge in [-0.05, 0) is 30.5 Å². The summed E-state index contributed by atoms with van der Waals surface area (Å²) in [4.78, 5) is 11.7. The van der Waals surface area contributed by atoms with Crippen molar-refractivity contribution in [1.29, 1.82) is 0 Å². The van der Waals surface area contributed by atoms with E-state index >= 15 is 0 Å².